The molecule has 0 aliphatic carbocycles. The summed E-state index contributed by atoms with van der Waals surface area (Å²) in [7, 11) is 0. The van der Waals surface area contributed by atoms with Gasteiger partial charge in [0.1, 0.15) is 5.00 Å². The first-order valence-corrected chi connectivity index (χ1v) is 9.00. The third-order valence-electron chi connectivity index (χ3n) is 4.27. The molecule has 0 atom stereocenters. The van der Waals surface area contributed by atoms with Gasteiger partial charge in [0.15, 0.2) is 17.3 Å². The first-order chi connectivity index (χ1) is 13.0. The summed E-state index contributed by atoms with van der Waals surface area (Å²) >= 11 is 1.32. The second kappa shape index (κ2) is 6.81. The van der Waals surface area contributed by atoms with E-state index in [0.29, 0.717) is 28.5 Å². The normalized spacial score (nSPS) is 12.2. The van der Waals surface area contributed by atoms with Crippen molar-refractivity contribution in [3.8, 4) is 11.5 Å². The number of carbonyl (C=O) groups is 2. The van der Waals surface area contributed by atoms with Gasteiger partial charge in [0.2, 0.25) is 6.79 Å². The lowest BCUT2D eigenvalue weighted by Crippen LogP contribution is -2.17. The molecule has 0 unspecified atom stereocenters. The summed E-state index contributed by atoms with van der Waals surface area (Å²) in [6, 6.07) is 8.88. The van der Waals surface area contributed by atoms with Gasteiger partial charge >= 0.3 is 0 Å². The van der Waals surface area contributed by atoms with Gasteiger partial charge in [-0.3, -0.25) is 9.59 Å². The maximum atomic E-state index is 12.3. The number of rotatable bonds is 5. The van der Waals surface area contributed by atoms with Crippen LogP contribution >= 0.6 is 11.3 Å². The highest BCUT2D eigenvalue weighted by atomic mass is 32.1. The highest BCUT2D eigenvalue weighted by Crippen LogP contribution is 2.37. The molecule has 7 nitrogen and oxygen atoms in total. The van der Waals surface area contributed by atoms with Gasteiger partial charge in [-0.05, 0) is 42.3 Å². The van der Waals surface area contributed by atoms with Crippen molar-refractivity contribution in [3.63, 3.8) is 0 Å². The molecule has 2 amide bonds. The van der Waals surface area contributed by atoms with Crippen molar-refractivity contribution >= 4 is 28.2 Å². The molecule has 8 heteroatoms. The molecule has 0 saturated heterocycles. The average Bonchev–Trinajstić information content (AvgIpc) is 3.36. The number of hydrogen-bond acceptors (Lipinski definition) is 6. The van der Waals surface area contributed by atoms with Gasteiger partial charge < -0.3 is 24.9 Å². The summed E-state index contributed by atoms with van der Waals surface area (Å²) in [4.78, 5) is 25.2. The number of nitrogens with two attached hydrogens (primary N) is 1. The number of ether oxygens (including phenoxy) is 2. The van der Waals surface area contributed by atoms with E-state index in [2.05, 4.69) is 5.32 Å². The van der Waals surface area contributed by atoms with Gasteiger partial charge in [-0.25, -0.2) is 0 Å². The van der Waals surface area contributed by atoms with Crippen LogP contribution in [0, 0.1) is 6.92 Å². The van der Waals surface area contributed by atoms with E-state index in [1.807, 2.05) is 25.1 Å². The van der Waals surface area contributed by atoms with Gasteiger partial charge in [0.25, 0.3) is 11.8 Å². The van der Waals surface area contributed by atoms with Crippen LogP contribution in [-0.2, 0) is 6.42 Å². The van der Waals surface area contributed by atoms with E-state index in [-0.39, 0.29) is 12.6 Å². The fourth-order valence-corrected chi connectivity index (χ4v) is 4.16. The molecule has 0 fully saturated rings. The number of anilines is 1. The van der Waals surface area contributed by atoms with Gasteiger partial charge in [-0.1, -0.05) is 6.07 Å². The van der Waals surface area contributed by atoms with E-state index in [9.17, 15) is 9.59 Å². The Morgan fingerprint density at radius 2 is 2.04 bits per heavy atom. The number of hydrogen-bond donors (Lipinski definition) is 2. The molecular weight excluding hydrogens is 368 g/mol. The summed E-state index contributed by atoms with van der Waals surface area (Å²) in [6.07, 6.45) is 1.98. The van der Waals surface area contributed by atoms with E-state index in [0.717, 1.165) is 16.0 Å². The quantitative estimate of drug-likeness (QED) is 0.702. The Balaban J connectivity index is 1.63. The summed E-state index contributed by atoms with van der Waals surface area (Å²) in [6.45, 7) is 2.03. The van der Waals surface area contributed by atoms with Gasteiger partial charge in [0, 0.05) is 11.3 Å². The summed E-state index contributed by atoms with van der Waals surface area (Å²) < 4.78 is 15.8. The Morgan fingerprint density at radius 3 is 2.78 bits per heavy atom. The van der Waals surface area contributed by atoms with E-state index in [1.165, 1.54) is 17.6 Å². The zero-order valence-electron chi connectivity index (χ0n) is 14.4. The summed E-state index contributed by atoms with van der Waals surface area (Å²) in [5.74, 6) is 0.552. The molecule has 2 aromatic heterocycles. The molecule has 0 saturated carbocycles. The minimum Gasteiger partial charge on any atom is -0.459 e. The molecule has 3 N–H and O–H groups in total. The molecule has 27 heavy (non-hydrogen) atoms. The van der Waals surface area contributed by atoms with Crippen molar-refractivity contribution in [2.24, 2.45) is 5.73 Å². The molecule has 3 heterocycles. The monoisotopic (exact) mass is 384 g/mol. The van der Waals surface area contributed by atoms with Crippen LogP contribution in [0.5, 0.6) is 11.5 Å². The number of thiophene rings is 1. The van der Waals surface area contributed by atoms with Crippen molar-refractivity contribution in [3.05, 3.63) is 63.9 Å². The number of carbonyl (C=O) groups excluding carboxylic acids is 2. The molecule has 3 aromatic rings. The molecule has 0 radical (unpaired) electrons. The number of furan rings is 1. The third-order valence-corrected chi connectivity index (χ3v) is 5.47. The van der Waals surface area contributed by atoms with Gasteiger partial charge in [0.05, 0.1) is 11.8 Å². The number of nitrogens with one attached hydrogen (secondary N) is 1. The van der Waals surface area contributed by atoms with E-state index in [4.69, 9.17) is 19.6 Å². The number of fused-ring (bicyclic) bond motifs is 1. The molecule has 0 bridgehead atoms. The Labute approximate surface area is 158 Å². The second-order valence-corrected chi connectivity index (χ2v) is 7.12. The van der Waals surface area contributed by atoms with Crippen LogP contribution in [0.25, 0.3) is 0 Å². The third kappa shape index (κ3) is 3.26. The number of amides is 2. The summed E-state index contributed by atoms with van der Waals surface area (Å²) in [5, 5.41) is 3.14. The second-order valence-electron chi connectivity index (χ2n) is 6.01. The minimum absolute atomic E-state index is 0.161. The predicted octanol–water partition coefficient (Wildman–Crippen LogP) is 3.32. The van der Waals surface area contributed by atoms with Crippen molar-refractivity contribution in [2.75, 3.05) is 12.1 Å². The van der Waals surface area contributed by atoms with Crippen LogP contribution < -0.4 is 20.5 Å². The first kappa shape index (κ1) is 17.2. The fraction of sp³-hybridized carbons (Fsp3) is 0.158. The Hall–Kier alpha value is -3.26. The molecule has 4 rings (SSSR count). The van der Waals surface area contributed by atoms with Crippen LogP contribution in [0.1, 0.15) is 36.9 Å². The first-order valence-electron chi connectivity index (χ1n) is 8.18. The average molecular weight is 384 g/mol. The lowest BCUT2D eigenvalue weighted by Gasteiger charge is -2.03. The SMILES string of the molecule is Cc1c(Cc2ccc3c(c2)OCO3)sc(NC(=O)c2ccco2)c1C(N)=O. The zero-order chi connectivity index (χ0) is 19.0. The zero-order valence-corrected chi connectivity index (χ0v) is 15.2. The van der Waals surface area contributed by atoms with E-state index < -0.39 is 11.8 Å². The van der Waals surface area contributed by atoms with Crippen LogP contribution in [0.2, 0.25) is 0 Å². The van der Waals surface area contributed by atoms with E-state index >= 15 is 0 Å². The van der Waals surface area contributed by atoms with Crippen molar-refractivity contribution in [2.45, 2.75) is 13.3 Å². The maximum absolute atomic E-state index is 12.3. The van der Waals surface area contributed by atoms with Crippen molar-refractivity contribution < 1.29 is 23.5 Å². The topological polar surface area (TPSA) is 104 Å². The predicted molar refractivity (Wildman–Crippen MR) is 99.6 cm³/mol. The minimum atomic E-state index is -0.588. The highest BCUT2D eigenvalue weighted by molar-refractivity contribution is 7.17. The van der Waals surface area contributed by atoms with Crippen LogP contribution in [0.4, 0.5) is 5.00 Å². The van der Waals surface area contributed by atoms with E-state index in [1.54, 1.807) is 12.1 Å². The standard InChI is InChI=1S/C19H16N2O5S/c1-10-15(8-11-4-5-12-14(7-11)26-9-25-12)27-19(16(10)17(20)22)21-18(23)13-3-2-6-24-13/h2-7H,8-9H2,1H3,(H2,20,22)(H,21,23). The molecular formula is C19H16N2O5S. The number of benzene rings is 1. The largest absolute Gasteiger partial charge is 0.459 e. The molecule has 1 aliphatic heterocycles. The summed E-state index contributed by atoms with van der Waals surface area (Å²) in [5.41, 5.74) is 7.62. The fourth-order valence-electron chi connectivity index (χ4n) is 2.92. The van der Waals surface area contributed by atoms with Crippen molar-refractivity contribution in [1.29, 1.82) is 0 Å². The molecule has 1 aromatic carbocycles. The Kier molecular flexibility index (Phi) is 4.33. The van der Waals surface area contributed by atoms with Crippen LogP contribution in [-0.4, -0.2) is 18.6 Å². The smallest absolute Gasteiger partial charge is 0.291 e. The Bertz CT molecular complexity index is 1020. The highest BCUT2D eigenvalue weighted by Gasteiger charge is 2.22. The van der Waals surface area contributed by atoms with Gasteiger partial charge in [-0.15, -0.1) is 11.3 Å². The lowest BCUT2D eigenvalue weighted by atomic mass is 10.1. The molecule has 1 aliphatic rings. The van der Waals surface area contributed by atoms with Crippen molar-refractivity contribution in [1.82, 2.24) is 0 Å². The maximum Gasteiger partial charge on any atom is 0.291 e. The Morgan fingerprint density at radius 1 is 1.22 bits per heavy atom. The van der Waals surface area contributed by atoms with Gasteiger partial charge in [-0.2, -0.15) is 0 Å². The number of primary amides is 1. The molecule has 0 spiro atoms. The lowest BCUT2D eigenvalue weighted by molar-refractivity contribution is 0.0997. The molecule has 138 valence electrons. The van der Waals surface area contributed by atoms with Crippen LogP contribution in [0.3, 0.4) is 0 Å². The van der Waals surface area contributed by atoms with Crippen LogP contribution in [0.15, 0.2) is 41.0 Å².